The number of aliphatic hydroxyl groups is 2. The van der Waals surface area contributed by atoms with Crippen molar-refractivity contribution in [1.82, 2.24) is 9.78 Å². The van der Waals surface area contributed by atoms with Crippen molar-refractivity contribution >= 4 is 0 Å². The number of benzene rings is 1. The molecule has 2 N–H and O–H groups in total. The minimum Gasteiger partial charge on any atom is -0.491 e. The van der Waals surface area contributed by atoms with Gasteiger partial charge in [0.15, 0.2) is 0 Å². The molecule has 31 heavy (non-hydrogen) atoms. The topological polar surface area (TPSA) is 86.0 Å². The largest absolute Gasteiger partial charge is 0.491 e. The Morgan fingerprint density at radius 1 is 1.19 bits per heavy atom. The van der Waals surface area contributed by atoms with E-state index in [4.69, 9.17) is 14.2 Å². The van der Waals surface area contributed by atoms with Gasteiger partial charge in [0, 0.05) is 36.6 Å². The summed E-state index contributed by atoms with van der Waals surface area (Å²) in [5, 5.41) is 24.2. The van der Waals surface area contributed by atoms with Crippen LogP contribution in [0.1, 0.15) is 69.8 Å². The van der Waals surface area contributed by atoms with Gasteiger partial charge < -0.3 is 24.4 Å². The standard InChI is InChI=1S/C24H36N2O5/c1-6-16(4)29-20-9-7-18(8-10-20)11-22-17(5)26(15(2)3)25-24(22)31-23-13-19(28)12-21(14-27)30-23/h7-10,15-16,19,21,23,27-28H,6,11-14H2,1-5H3/t16?,19-,21-,23-/m0/s1. The average molecular weight is 433 g/mol. The molecule has 7 heteroatoms. The fraction of sp³-hybridized carbons (Fsp3) is 0.625. The van der Waals surface area contributed by atoms with Gasteiger partial charge in [0.05, 0.1) is 24.9 Å². The van der Waals surface area contributed by atoms with Gasteiger partial charge in [0.25, 0.3) is 0 Å². The minimum absolute atomic E-state index is 0.145. The predicted octanol–water partition coefficient (Wildman–Crippen LogP) is 3.78. The number of ether oxygens (including phenoxy) is 3. The first-order valence-electron chi connectivity index (χ1n) is 11.2. The average Bonchev–Trinajstić information content (AvgIpc) is 3.04. The van der Waals surface area contributed by atoms with Crippen LogP contribution in [-0.4, -0.2) is 51.2 Å². The Balaban J connectivity index is 1.80. The first-order valence-corrected chi connectivity index (χ1v) is 11.2. The van der Waals surface area contributed by atoms with Crippen molar-refractivity contribution in [3.05, 3.63) is 41.1 Å². The number of aliphatic hydroxyl groups excluding tert-OH is 2. The maximum atomic E-state index is 10.1. The van der Waals surface area contributed by atoms with E-state index in [2.05, 4.69) is 44.9 Å². The lowest BCUT2D eigenvalue weighted by Gasteiger charge is -2.31. The van der Waals surface area contributed by atoms with Gasteiger partial charge in [-0.15, -0.1) is 5.10 Å². The molecule has 2 heterocycles. The summed E-state index contributed by atoms with van der Waals surface area (Å²) in [5.41, 5.74) is 3.17. The molecule has 1 aromatic carbocycles. The van der Waals surface area contributed by atoms with Gasteiger partial charge in [-0.05, 0) is 51.8 Å². The van der Waals surface area contributed by atoms with Gasteiger partial charge in [-0.1, -0.05) is 19.1 Å². The first kappa shape index (κ1) is 23.6. The molecule has 172 valence electrons. The summed E-state index contributed by atoms with van der Waals surface area (Å²) in [4.78, 5) is 0. The molecule has 0 amide bonds. The Kier molecular flexibility index (Phi) is 7.97. The van der Waals surface area contributed by atoms with Crippen LogP contribution in [0.4, 0.5) is 0 Å². The second-order valence-electron chi connectivity index (χ2n) is 8.68. The third kappa shape index (κ3) is 5.99. The lowest BCUT2D eigenvalue weighted by atomic mass is 10.0. The van der Waals surface area contributed by atoms with Crippen molar-refractivity contribution in [3.63, 3.8) is 0 Å². The molecule has 4 atom stereocenters. The highest BCUT2D eigenvalue weighted by Crippen LogP contribution is 2.30. The maximum Gasteiger partial charge on any atom is 0.238 e. The van der Waals surface area contributed by atoms with Gasteiger partial charge >= 0.3 is 0 Å². The Hall–Kier alpha value is -2.09. The fourth-order valence-corrected chi connectivity index (χ4v) is 3.80. The van der Waals surface area contributed by atoms with Gasteiger partial charge in [-0.25, -0.2) is 0 Å². The van der Waals surface area contributed by atoms with Gasteiger partial charge in [-0.3, -0.25) is 4.68 Å². The summed E-state index contributed by atoms with van der Waals surface area (Å²) in [6.07, 6.45) is 0.946. The summed E-state index contributed by atoms with van der Waals surface area (Å²) in [6.45, 7) is 10.2. The van der Waals surface area contributed by atoms with Crippen molar-refractivity contribution in [1.29, 1.82) is 0 Å². The number of aromatic nitrogens is 2. The third-order valence-corrected chi connectivity index (χ3v) is 5.73. The van der Waals surface area contributed by atoms with Crippen LogP contribution < -0.4 is 9.47 Å². The van der Waals surface area contributed by atoms with Crippen molar-refractivity contribution in [3.8, 4) is 11.6 Å². The van der Waals surface area contributed by atoms with Crippen LogP contribution in [0.25, 0.3) is 0 Å². The first-order chi connectivity index (χ1) is 14.8. The smallest absolute Gasteiger partial charge is 0.238 e. The molecule has 1 fully saturated rings. The van der Waals surface area contributed by atoms with Crippen LogP contribution in [0.15, 0.2) is 24.3 Å². The van der Waals surface area contributed by atoms with E-state index < -0.39 is 18.5 Å². The molecule has 2 aromatic rings. The van der Waals surface area contributed by atoms with E-state index in [0.29, 0.717) is 25.1 Å². The van der Waals surface area contributed by atoms with Crippen molar-refractivity contribution in [2.24, 2.45) is 0 Å². The van der Waals surface area contributed by atoms with Gasteiger partial charge in [0.2, 0.25) is 12.2 Å². The highest BCUT2D eigenvalue weighted by molar-refractivity contribution is 5.38. The Morgan fingerprint density at radius 2 is 1.90 bits per heavy atom. The predicted molar refractivity (Wildman–Crippen MR) is 119 cm³/mol. The zero-order valence-corrected chi connectivity index (χ0v) is 19.2. The number of hydrogen-bond acceptors (Lipinski definition) is 6. The highest BCUT2D eigenvalue weighted by Gasteiger charge is 2.31. The molecule has 0 aliphatic carbocycles. The van der Waals surface area contributed by atoms with E-state index >= 15 is 0 Å². The molecule has 1 aliphatic rings. The third-order valence-electron chi connectivity index (χ3n) is 5.73. The molecule has 0 saturated carbocycles. The van der Waals surface area contributed by atoms with E-state index in [1.54, 1.807) is 0 Å². The molecule has 1 aromatic heterocycles. The Bertz CT molecular complexity index is 833. The normalized spacial score (nSPS) is 22.5. The summed E-state index contributed by atoms with van der Waals surface area (Å²) in [5.74, 6) is 1.38. The Labute approximate surface area is 184 Å². The SMILES string of the molecule is CCC(C)Oc1ccc(Cc2c(O[C@H]3C[C@@H](O)C[C@@H](CO)O3)nn(C(C)C)c2C)cc1. The van der Waals surface area contributed by atoms with Crippen LogP contribution in [0.2, 0.25) is 0 Å². The molecule has 1 unspecified atom stereocenters. The van der Waals surface area contributed by atoms with E-state index in [1.165, 1.54) is 0 Å². The van der Waals surface area contributed by atoms with Gasteiger partial charge in [-0.2, -0.15) is 0 Å². The van der Waals surface area contributed by atoms with Crippen LogP contribution in [0, 0.1) is 6.92 Å². The van der Waals surface area contributed by atoms with Crippen molar-refractivity contribution < 1.29 is 24.4 Å². The fourth-order valence-electron chi connectivity index (χ4n) is 3.80. The molecule has 0 bridgehead atoms. The summed E-state index contributed by atoms with van der Waals surface area (Å²) in [7, 11) is 0. The zero-order valence-electron chi connectivity index (χ0n) is 19.2. The summed E-state index contributed by atoms with van der Waals surface area (Å²) < 4.78 is 19.7. The second kappa shape index (κ2) is 10.5. The van der Waals surface area contributed by atoms with E-state index in [9.17, 15) is 10.2 Å². The zero-order chi connectivity index (χ0) is 22.5. The lowest BCUT2D eigenvalue weighted by Crippen LogP contribution is -2.40. The molecule has 0 spiro atoms. The number of nitrogens with zero attached hydrogens (tertiary/aromatic N) is 2. The van der Waals surface area contributed by atoms with Gasteiger partial charge in [0.1, 0.15) is 5.75 Å². The van der Waals surface area contributed by atoms with E-state index in [1.807, 2.05) is 23.7 Å². The molecule has 1 aliphatic heterocycles. The van der Waals surface area contributed by atoms with E-state index in [0.717, 1.165) is 29.0 Å². The van der Waals surface area contributed by atoms with Crippen LogP contribution in [0.3, 0.4) is 0 Å². The van der Waals surface area contributed by atoms with E-state index in [-0.39, 0.29) is 18.8 Å². The second-order valence-corrected chi connectivity index (χ2v) is 8.68. The number of rotatable bonds is 9. The summed E-state index contributed by atoms with van der Waals surface area (Å²) in [6, 6.07) is 8.31. The van der Waals surface area contributed by atoms with Crippen LogP contribution >= 0.6 is 0 Å². The van der Waals surface area contributed by atoms with Crippen LogP contribution in [0.5, 0.6) is 11.6 Å². The molecular weight excluding hydrogens is 396 g/mol. The maximum absolute atomic E-state index is 10.1. The van der Waals surface area contributed by atoms with Crippen molar-refractivity contribution in [2.45, 2.75) is 90.9 Å². The highest BCUT2D eigenvalue weighted by atomic mass is 16.7. The molecule has 7 nitrogen and oxygen atoms in total. The molecule has 3 rings (SSSR count). The molecule has 1 saturated heterocycles. The van der Waals surface area contributed by atoms with Crippen LogP contribution in [-0.2, 0) is 11.2 Å². The quantitative estimate of drug-likeness (QED) is 0.627. The van der Waals surface area contributed by atoms with Crippen molar-refractivity contribution in [2.75, 3.05) is 6.61 Å². The molecule has 0 radical (unpaired) electrons. The Morgan fingerprint density at radius 3 is 2.52 bits per heavy atom. The molecular formula is C24H36N2O5. The minimum atomic E-state index is -0.638. The lowest BCUT2D eigenvalue weighted by molar-refractivity contribution is -0.186. The number of hydrogen-bond donors (Lipinski definition) is 2. The summed E-state index contributed by atoms with van der Waals surface area (Å²) >= 11 is 0. The monoisotopic (exact) mass is 432 g/mol.